The molecule has 0 saturated carbocycles. The van der Waals surface area contributed by atoms with Crippen LogP contribution < -0.4 is 11.1 Å². The number of hydrogen-bond donors (Lipinski definition) is 2. The standard InChI is InChI=1S/C15H18N4/c1-10(2)13(17)9-18-15-7-11(8-16)12-5-3-4-6-14(12)19-15/h3-7,10,13H,9,17H2,1-2H3,(H,18,19). The summed E-state index contributed by atoms with van der Waals surface area (Å²) in [5, 5.41) is 13.3. The van der Waals surface area contributed by atoms with Gasteiger partial charge >= 0.3 is 0 Å². The summed E-state index contributed by atoms with van der Waals surface area (Å²) in [6, 6.07) is 11.7. The third kappa shape index (κ3) is 3.01. The van der Waals surface area contributed by atoms with E-state index in [0.29, 0.717) is 23.8 Å². The Balaban J connectivity index is 2.28. The molecule has 4 heteroatoms. The Morgan fingerprint density at radius 3 is 2.79 bits per heavy atom. The number of fused-ring (bicyclic) bond motifs is 1. The number of rotatable bonds is 4. The van der Waals surface area contributed by atoms with E-state index in [1.165, 1.54) is 0 Å². The van der Waals surface area contributed by atoms with Gasteiger partial charge in [-0.05, 0) is 18.1 Å². The third-order valence-corrected chi connectivity index (χ3v) is 3.21. The van der Waals surface area contributed by atoms with Crippen molar-refractivity contribution in [3.05, 3.63) is 35.9 Å². The van der Waals surface area contributed by atoms with Gasteiger partial charge < -0.3 is 11.1 Å². The van der Waals surface area contributed by atoms with E-state index in [2.05, 4.69) is 30.2 Å². The van der Waals surface area contributed by atoms with Crippen molar-refractivity contribution in [3.8, 4) is 6.07 Å². The predicted molar refractivity (Wildman–Crippen MR) is 77.8 cm³/mol. The highest BCUT2D eigenvalue weighted by Crippen LogP contribution is 2.20. The maximum atomic E-state index is 9.20. The van der Waals surface area contributed by atoms with Crippen LogP contribution >= 0.6 is 0 Å². The number of anilines is 1. The van der Waals surface area contributed by atoms with E-state index >= 15 is 0 Å². The number of nitrogens with two attached hydrogens (primary N) is 1. The molecule has 0 aliphatic carbocycles. The molecule has 1 atom stereocenters. The van der Waals surface area contributed by atoms with Crippen molar-refractivity contribution in [1.29, 1.82) is 5.26 Å². The molecule has 19 heavy (non-hydrogen) atoms. The van der Waals surface area contributed by atoms with Crippen molar-refractivity contribution >= 4 is 16.7 Å². The average molecular weight is 254 g/mol. The zero-order valence-electron chi connectivity index (χ0n) is 11.2. The molecular formula is C15H18N4. The number of nitriles is 1. The first-order chi connectivity index (χ1) is 9.11. The topological polar surface area (TPSA) is 74.7 Å². The van der Waals surface area contributed by atoms with Crippen LogP contribution in [0, 0.1) is 17.2 Å². The second-order valence-electron chi connectivity index (χ2n) is 4.97. The summed E-state index contributed by atoms with van der Waals surface area (Å²) in [6.07, 6.45) is 0. The van der Waals surface area contributed by atoms with Gasteiger partial charge in [-0.3, -0.25) is 0 Å². The Morgan fingerprint density at radius 2 is 2.11 bits per heavy atom. The van der Waals surface area contributed by atoms with Crippen LogP contribution in [0.4, 0.5) is 5.82 Å². The summed E-state index contributed by atoms with van der Waals surface area (Å²) < 4.78 is 0. The molecule has 1 heterocycles. The molecule has 4 nitrogen and oxygen atoms in total. The number of para-hydroxylation sites is 1. The first-order valence-electron chi connectivity index (χ1n) is 6.41. The molecule has 2 rings (SSSR count). The molecule has 0 amide bonds. The van der Waals surface area contributed by atoms with E-state index in [1.54, 1.807) is 6.07 Å². The zero-order valence-corrected chi connectivity index (χ0v) is 11.2. The van der Waals surface area contributed by atoms with Gasteiger partial charge in [-0.15, -0.1) is 0 Å². The minimum Gasteiger partial charge on any atom is -0.368 e. The molecular weight excluding hydrogens is 236 g/mol. The van der Waals surface area contributed by atoms with Gasteiger partial charge in [-0.2, -0.15) is 5.26 Å². The van der Waals surface area contributed by atoms with Crippen molar-refractivity contribution in [2.75, 3.05) is 11.9 Å². The molecule has 1 aromatic carbocycles. The first kappa shape index (κ1) is 13.3. The number of nitrogens with one attached hydrogen (secondary N) is 1. The number of pyridine rings is 1. The van der Waals surface area contributed by atoms with Crippen LogP contribution in [0.1, 0.15) is 19.4 Å². The summed E-state index contributed by atoms with van der Waals surface area (Å²) in [7, 11) is 0. The van der Waals surface area contributed by atoms with Gasteiger partial charge in [0.15, 0.2) is 0 Å². The maximum Gasteiger partial charge on any atom is 0.128 e. The molecule has 0 bridgehead atoms. The number of nitrogens with zero attached hydrogens (tertiary/aromatic N) is 2. The minimum absolute atomic E-state index is 0.0683. The highest BCUT2D eigenvalue weighted by molar-refractivity contribution is 5.86. The van der Waals surface area contributed by atoms with Gasteiger partial charge in [0.1, 0.15) is 5.82 Å². The van der Waals surface area contributed by atoms with Crippen molar-refractivity contribution in [1.82, 2.24) is 4.98 Å². The van der Waals surface area contributed by atoms with Crippen LogP contribution in [0.2, 0.25) is 0 Å². The lowest BCUT2D eigenvalue weighted by molar-refractivity contribution is 0.511. The molecule has 0 saturated heterocycles. The highest BCUT2D eigenvalue weighted by Gasteiger charge is 2.09. The Hall–Kier alpha value is -2.12. The fourth-order valence-electron chi connectivity index (χ4n) is 1.82. The summed E-state index contributed by atoms with van der Waals surface area (Å²) in [4.78, 5) is 4.50. The average Bonchev–Trinajstić information content (AvgIpc) is 2.43. The minimum atomic E-state index is 0.0683. The number of benzene rings is 1. The van der Waals surface area contributed by atoms with Crippen LogP contribution in [-0.4, -0.2) is 17.6 Å². The molecule has 0 spiro atoms. The van der Waals surface area contributed by atoms with E-state index in [-0.39, 0.29) is 6.04 Å². The van der Waals surface area contributed by atoms with E-state index < -0.39 is 0 Å². The highest BCUT2D eigenvalue weighted by atomic mass is 15.0. The monoisotopic (exact) mass is 254 g/mol. The molecule has 1 unspecified atom stereocenters. The molecule has 0 fully saturated rings. The molecule has 1 aromatic heterocycles. The second kappa shape index (κ2) is 5.68. The van der Waals surface area contributed by atoms with Crippen LogP contribution in [0.15, 0.2) is 30.3 Å². The van der Waals surface area contributed by atoms with Crippen molar-refractivity contribution in [3.63, 3.8) is 0 Å². The summed E-state index contributed by atoms with van der Waals surface area (Å²) >= 11 is 0. The predicted octanol–water partition coefficient (Wildman–Crippen LogP) is 2.50. The van der Waals surface area contributed by atoms with E-state index in [4.69, 9.17) is 5.73 Å². The normalized spacial score (nSPS) is 12.4. The van der Waals surface area contributed by atoms with E-state index in [9.17, 15) is 5.26 Å². The van der Waals surface area contributed by atoms with Crippen LogP contribution in [0.25, 0.3) is 10.9 Å². The van der Waals surface area contributed by atoms with Gasteiger partial charge in [-0.25, -0.2) is 4.98 Å². The lowest BCUT2D eigenvalue weighted by atomic mass is 10.1. The van der Waals surface area contributed by atoms with Gasteiger partial charge in [0.05, 0.1) is 17.1 Å². The van der Waals surface area contributed by atoms with E-state index in [1.807, 2.05) is 24.3 Å². The molecule has 3 N–H and O–H groups in total. The lowest BCUT2D eigenvalue weighted by Gasteiger charge is -2.16. The lowest BCUT2D eigenvalue weighted by Crippen LogP contribution is -2.34. The molecule has 0 aliphatic heterocycles. The van der Waals surface area contributed by atoms with Crippen LogP contribution in [0.5, 0.6) is 0 Å². The zero-order chi connectivity index (χ0) is 13.8. The Kier molecular flexibility index (Phi) is 3.98. The summed E-state index contributed by atoms with van der Waals surface area (Å²) in [6.45, 7) is 4.82. The largest absolute Gasteiger partial charge is 0.368 e. The molecule has 0 aliphatic rings. The molecule has 98 valence electrons. The smallest absolute Gasteiger partial charge is 0.128 e. The van der Waals surface area contributed by atoms with Gasteiger partial charge in [-0.1, -0.05) is 32.0 Å². The SMILES string of the molecule is CC(C)C(N)CNc1cc(C#N)c2ccccc2n1. The second-order valence-corrected chi connectivity index (χ2v) is 4.97. The number of aromatic nitrogens is 1. The Bertz CT molecular complexity index is 613. The molecule has 2 aromatic rings. The van der Waals surface area contributed by atoms with Crippen molar-refractivity contribution in [2.24, 2.45) is 11.7 Å². The van der Waals surface area contributed by atoms with Gasteiger partial charge in [0, 0.05) is 18.0 Å². The number of hydrogen-bond acceptors (Lipinski definition) is 4. The summed E-state index contributed by atoms with van der Waals surface area (Å²) in [5.74, 6) is 1.11. The quantitative estimate of drug-likeness (QED) is 0.879. The van der Waals surface area contributed by atoms with E-state index in [0.717, 1.165) is 10.9 Å². The Labute approximate surface area is 113 Å². The van der Waals surface area contributed by atoms with Gasteiger partial charge in [0.25, 0.3) is 0 Å². The third-order valence-electron chi connectivity index (χ3n) is 3.21. The summed E-state index contributed by atoms with van der Waals surface area (Å²) in [5.41, 5.74) is 7.44. The van der Waals surface area contributed by atoms with Crippen molar-refractivity contribution < 1.29 is 0 Å². The maximum absolute atomic E-state index is 9.20. The molecule has 0 radical (unpaired) electrons. The van der Waals surface area contributed by atoms with Crippen LogP contribution in [0.3, 0.4) is 0 Å². The van der Waals surface area contributed by atoms with Gasteiger partial charge in [0.2, 0.25) is 0 Å². The Morgan fingerprint density at radius 1 is 1.37 bits per heavy atom. The fourth-order valence-corrected chi connectivity index (χ4v) is 1.82. The van der Waals surface area contributed by atoms with Crippen LogP contribution in [-0.2, 0) is 0 Å². The first-order valence-corrected chi connectivity index (χ1v) is 6.41. The van der Waals surface area contributed by atoms with Crippen molar-refractivity contribution in [2.45, 2.75) is 19.9 Å². The fraction of sp³-hybridized carbons (Fsp3) is 0.333.